The zero-order valence-electron chi connectivity index (χ0n) is 16.7. The van der Waals surface area contributed by atoms with Crippen molar-refractivity contribution in [2.24, 2.45) is 0 Å². The molecule has 0 bridgehead atoms. The van der Waals surface area contributed by atoms with E-state index in [2.05, 4.69) is 40.2 Å². The van der Waals surface area contributed by atoms with Gasteiger partial charge in [-0.25, -0.2) is 4.79 Å². The van der Waals surface area contributed by atoms with E-state index >= 15 is 0 Å². The predicted octanol–water partition coefficient (Wildman–Crippen LogP) is 3.54. The fourth-order valence-corrected chi connectivity index (χ4v) is 3.88. The first-order chi connectivity index (χ1) is 14.1. The van der Waals surface area contributed by atoms with Gasteiger partial charge in [-0.1, -0.05) is 36.4 Å². The summed E-state index contributed by atoms with van der Waals surface area (Å²) in [6.45, 7) is 3.31. The molecule has 158 valence electrons. The summed E-state index contributed by atoms with van der Waals surface area (Å²) in [5, 5.41) is 9.93. The van der Waals surface area contributed by atoms with Crippen LogP contribution in [0, 0.1) is 0 Å². The normalized spacial score (nSPS) is 14.3. The molecular formula is C23H26BrN3O3. The van der Waals surface area contributed by atoms with E-state index < -0.39 is 5.69 Å². The van der Waals surface area contributed by atoms with Gasteiger partial charge in [0.1, 0.15) is 5.75 Å². The molecule has 1 aliphatic heterocycles. The van der Waals surface area contributed by atoms with Gasteiger partial charge in [0.15, 0.2) is 0 Å². The van der Waals surface area contributed by atoms with Crippen molar-refractivity contribution in [3.8, 4) is 5.75 Å². The molecule has 0 atom stereocenters. The Morgan fingerprint density at radius 3 is 2.50 bits per heavy atom. The lowest BCUT2D eigenvalue weighted by atomic mass is 9.99. The van der Waals surface area contributed by atoms with Crippen LogP contribution in [-0.4, -0.2) is 39.2 Å². The van der Waals surface area contributed by atoms with Gasteiger partial charge in [0.05, 0.1) is 10.9 Å². The topological polar surface area (TPSA) is 78.3 Å². The lowest BCUT2D eigenvalue weighted by Gasteiger charge is -2.26. The molecule has 0 spiro atoms. The summed E-state index contributed by atoms with van der Waals surface area (Å²) in [5.74, 6) is 0.0244. The van der Waals surface area contributed by atoms with Crippen molar-refractivity contribution >= 4 is 33.5 Å². The van der Waals surface area contributed by atoms with Gasteiger partial charge < -0.3 is 10.1 Å². The molecule has 3 aromatic rings. The quantitative estimate of drug-likeness (QED) is 0.538. The molecule has 0 amide bonds. The second-order valence-corrected chi connectivity index (χ2v) is 7.47. The number of rotatable bonds is 6. The summed E-state index contributed by atoms with van der Waals surface area (Å²) >= 11 is 0. The molecule has 0 saturated heterocycles. The van der Waals surface area contributed by atoms with Crippen LogP contribution < -0.4 is 11.2 Å². The minimum Gasteiger partial charge on any atom is -0.508 e. The summed E-state index contributed by atoms with van der Waals surface area (Å²) < 4.78 is 1.25. The standard InChI is InChI=1S/C23H25N3O3.BrH/c27-19-8-9-20-21(16-19)24-23(29)26(22(20)28)13-5-4-12-25-14-10-18(11-15-25)17-6-2-1-3-7-17;/h1-3,6-10,16,27H,4-5,11-15H2,(H,24,29);1H. The van der Waals surface area contributed by atoms with Gasteiger partial charge in [0.2, 0.25) is 0 Å². The zero-order valence-corrected chi connectivity index (χ0v) is 18.4. The number of hydrogen-bond donors (Lipinski definition) is 2. The highest BCUT2D eigenvalue weighted by Gasteiger charge is 2.13. The molecule has 6 nitrogen and oxygen atoms in total. The third-order valence-electron chi connectivity index (χ3n) is 5.51. The Labute approximate surface area is 185 Å². The predicted molar refractivity (Wildman–Crippen MR) is 126 cm³/mol. The lowest BCUT2D eigenvalue weighted by molar-refractivity contribution is 0.292. The Morgan fingerprint density at radius 2 is 1.77 bits per heavy atom. The smallest absolute Gasteiger partial charge is 0.328 e. The summed E-state index contributed by atoms with van der Waals surface area (Å²) in [6.07, 6.45) is 5.03. The molecule has 7 heteroatoms. The van der Waals surface area contributed by atoms with Crippen LogP contribution in [0.15, 0.2) is 64.2 Å². The van der Waals surface area contributed by atoms with Gasteiger partial charge in [-0.3, -0.25) is 14.3 Å². The molecule has 1 aliphatic rings. The van der Waals surface area contributed by atoms with Crippen LogP contribution in [0.25, 0.3) is 16.5 Å². The number of phenolic OH excluding ortho intramolecular Hbond substituents is 1. The Morgan fingerprint density at radius 1 is 1.00 bits per heavy atom. The Balaban J connectivity index is 0.00000256. The maximum Gasteiger partial charge on any atom is 0.328 e. The molecule has 4 rings (SSSR count). The van der Waals surface area contributed by atoms with Crippen LogP contribution in [0.2, 0.25) is 0 Å². The number of unbranched alkanes of at least 4 members (excludes halogenated alkanes) is 1. The van der Waals surface area contributed by atoms with Gasteiger partial charge >= 0.3 is 5.69 Å². The molecule has 2 N–H and O–H groups in total. The van der Waals surface area contributed by atoms with E-state index in [1.165, 1.54) is 27.8 Å². The summed E-state index contributed by atoms with van der Waals surface area (Å²) in [4.78, 5) is 29.9. The third kappa shape index (κ3) is 4.91. The average molecular weight is 472 g/mol. The fraction of sp³-hybridized carbons (Fsp3) is 0.304. The maximum atomic E-state index is 12.6. The molecule has 1 aromatic heterocycles. The van der Waals surface area contributed by atoms with Gasteiger partial charge in [-0.15, -0.1) is 17.0 Å². The first-order valence-electron chi connectivity index (χ1n) is 10.0. The second kappa shape index (κ2) is 9.91. The maximum absolute atomic E-state index is 12.6. The largest absolute Gasteiger partial charge is 0.508 e. The number of H-pyrrole nitrogens is 1. The van der Waals surface area contributed by atoms with Gasteiger partial charge in [0.25, 0.3) is 5.56 Å². The van der Waals surface area contributed by atoms with E-state index in [1.54, 1.807) is 6.07 Å². The van der Waals surface area contributed by atoms with E-state index in [0.29, 0.717) is 17.4 Å². The van der Waals surface area contributed by atoms with Crippen molar-refractivity contribution in [3.05, 3.63) is 81.0 Å². The van der Waals surface area contributed by atoms with Crippen LogP contribution in [0.1, 0.15) is 24.8 Å². The molecule has 0 unspecified atom stereocenters. The number of aromatic amines is 1. The van der Waals surface area contributed by atoms with Crippen LogP contribution in [0.5, 0.6) is 5.75 Å². The number of nitrogens with one attached hydrogen (secondary N) is 1. The number of benzene rings is 2. The van der Waals surface area contributed by atoms with Gasteiger partial charge in [-0.2, -0.15) is 0 Å². The van der Waals surface area contributed by atoms with Crippen molar-refractivity contribution in [1.82, 2.24) is 14.5 Å². The van der Waals surface area contributed by atoms with Gasteiger partial charge in [-0.05, 0) is 49.1 Å². The van der Waals surface area contributed by atoms with E-state index in [9.17, 15) is 14.7 Å². The van der Waals surface area contributed by atoms with Crippen molar-refractivity contribution in [3.63, 3.8) is 0 Å². The first kappa shape index (κ1) is 22.1. The van der Waals surface area contributed by atoms with Crippen molar-refractivity contribution < 1.29 is 5.11 Å². The van der Waals surface area contributed by atoms with Crippen LogP contribution in [0.3, 0.4) is 0 Å². The molecule has 2 aromatic carbocycles. The molecule has 30 heavy (non-hydrogen) atoms. The van der Waals surface area contributed by atoms with Crippen molar-refractivity contribution in [1.29, 1.82) is 0 Å². The average Bonchev–Trinajstić information content (AvgIpc) is 2.74. The van der Waals surface area contributed by atoms with Crippen LogP contribution >= 0.6 is 17.0 Å². The number of hydrogen-bond acceptors (Lipinski definition) is 4. The third-order valence-corrected chi connectivity index (χ3v) is 5.51. The van der Waals surface area contributed by atoms with Crippen molar-refractivity contribution in [2.45, 2.75) is 25.8 Å². The minimum absolute atomic E-state index is 0. The van der Waals surface area contributed by atoms with Crippen molar-refractivity contribution in [2.75, 3.05) is 19.6 Å². The second-order valence-electron chi connectivity index (χ2n) is 7.47. The Kier molecular flexibility index (Phi) is 7.29. The number of aromatic hydroxyl groups is 1. The molecule has 0 saturated carbocycles. The molecular weight excluding hydrogens is 446 g/mol. The molecule has 0 radical (unpaired) electrons. The monoisotopic (exact) mass is 471 g/mol. The van der Waals surface area contributed by atoms with E-state index in [-0.39, 0.29) is 28.3 Å². The first-order valence-corrected chi connectivity index (χ1v) is 10.0. The van der Waals surface area contributed by atoms with Gasteiger partial charge in [0, 0.05) is 25.7 Å². The number of fused-ring (bicyclic) bond motifs is 1. The lowest BCUT2D eigenvalue weighted by Crippen LogP contribution is -2.35. The molecule has 0 fully saturated rings. The highest BCUT2D eigenvalue weighted by atomic mass is 79.9. The van der Waals surface area contributed by atoms with E-state index in [4.69, 9.17) is 0 Å². The number of aromatic nitrogens is 2. The molecule has 2 heterocycles. The van der Waals surface area contributed by atoms with E-state index in [1.807, 2.05) is 6.07 Å². The Bertz CT molecular complexity index is 1150. The number of phenols is 1. The fourth-order valence-electron chi connectivity index (χ4n) is 3.88. The zero-order chi connectivity index (χ0) is 20.2. The van der Waals surface area contributed by atoms with Crippen LogP contribution in [-0.2, 0) is 6.54 Å². The highest BCUT2D eigenvalue weighted by Crippen LogP contribution is 2.22. The summed E-state index contributed by atoms with van der Waals surface area (Å²) in [5.41, 5.74) is 2.33. The SMILES string of the molecule is Br.O=c1[nH]c2cc(O)ccc2c(=O)n1CCCCN1CC=C(c2ccccc2)CC1. The Hall–Kier alpha value is -2.64. The van der Waals surface area contributed by atoms with E-state index in [0.717, 1.165) is 38.9 Å². The summed E-state index contributed by atoms with van der Waals surface area (Å²) in [6, 6.07) is 14.9. The summed E-state index contributed by atoms with van der Waals surface area (Å²) in [7, 11) is 0. The number of nitrogens with zero attached hydrogens (tertiary/aromatic N) is 2. The minimum atomic E-state index is -0.429. The highest BCUT2D eigenvalue weighted by molar-refractivity contribution is 8.93. The number of halogens is 1. The van der Waals surface area contributed by atoms with Crippen LogP contribution in [0.4, 0.5) is 0 Å². The molecule has 0 aliphatic carbocycles.